The predicted octanol–water partition coefficient (Wildman–Crippen LogP) is 1.85. The van der Waals surface area contributed by atoms with Crippen molar-refractivity contribution < 1.29 is 0 Å². The van der Waals surface area contributed by atoms with Crippen molar-refractivity contribution in [3.05, 3.63) is 66.4 Å². The third-order valence-electron chi connectivity index (χ3n) is 2.38. The van der Waals surface area contributed by atoms with E-state index in [0.29, 0.717) is 11.4 Å². The minimum Gasteiger partial charge on any atom is -0.399 e. The Bertz CT molecular complexity index is 433. The first-order valence-electron chi connectivity index (χ1n) is 4.95. The molecule has 0 heterocycles. The van der Waals surface area contributed by atoms with Crippen molar-refractivity contribution in [3.63, 3.8) is 0 Å². The molecule has 0 amide bonds. The summed E-state index contributed by atoms with van der Waals surface area (Å²) < 4.78 is 0. The van der Waals surface area contributed by atoms with Crippen molar-refractivity contribution in [2.75, 3.05) is 5.73 Å². The fraction of sp³-hybridized carbons (Fsp3) is 0.0769. The van der Waals surface area contributed by atoms with Crippen molar-refractivity contribution in [1.82, 2.24) is 0 Å². The molecule has 0 aliphatic carbocycles. The molecule has 16 heavy (non-hydrogen) atoms. The highest BCUT2D eigenvalue weighted by Gasteiger charge is 2.11. The van der Waals surface area contributed by atoms with Crippen LogP contribution in [0.4, 0.5) is 5.69 Å². The average Bonchev–Trinajstić information content (AvgIpc) is 2.29. The highest BCUT2D eigenvalue weighted by molar-refractivity contribution is 5.46. The zero-order valence-electron chi connectivity index (χ0n) is 9.19. The third kappa shape index (κ3) is 2.52. The second-order valence-electron chi connectivity index (χ2n) is 3.47. The van der Waals surface area contributed by atoms with Gasteiger partial charge in [-0.3, -0.25) is 0 Å². The van der Waals surface area contributed by atoms with E-state index in [-0.39, 0.29) is 6.04 Å². The van der Waals surface area contributed by atoms with Crippen LogP contribution in [-0.2, 0) is 0 Å². The normalized spacial score (nSPS) is 13.8. The SMILES string of the molecule is C=C/C(N)=C(\C=C)C(N)c1cccc(N)c1. The number of allylic oxidation sites excluding steroid dienone is 1. The molecule has 0 spiro atoms. The Morgan fingerprint density at radius 2 is 1.94 bits per heavy atom. The van der Waals surface area contributed by atoms with E-state index >= 15 is 0 Å². The van der Waals surface area contributed by atoms with E-state index in [1.807, 2.05) is 24.3 Å². The van der Waals surface area contributed by atoms with Gasteiger partial charge in [0.05, 0.1) is 6.04 Å². The van der Waals surface area contributed by atoms with Gasteiger partial charge in [-0.1, -0.05) is 31.4 Å². The van der Waals surface area contributed by atoms with Crippen LogP contribution >= 0.6 is 0 Å². The molecular weight excluding hydrogens is 198 g/mol. The van der Waals surface area contributed by atoms with Gasteiger partial charge < -0.3 is 17.2 Å². The van der Waals surface area contributed by atoms with Crippen molar-refractivity contribution in [1.29, 1.82) is 0 Å². The molecule has 1 unspecified atom stereocenters. The first-order valence-corrected chi connectivity index (χ1v) is 4.95. The van der Waals surface area contributed by atoms with Gasteiger partial charge >= 0.3 is 0 Å². The summed E-state index contributed by atoms with van der Waals surface area (Å²) in [4.78, 5) is 0. The molecule has 3 heteroatoms. The van der Waals surface area contributed by atoms with Gasteiger partial charge in [0.25, 0.3) is 0 Å². The van der Waals surface area contributed by atoms with E-state index in [4.69, 9.17) is 17.2 Å². The quantitative estimate of drug-likeness (QED) is 0.530. The fourth-order valence-corrected chi connectivity index (χ4v) is 1.47. The highest BCUT2D eigenvalue weighted by atomic mass is 14.7. The van der Waals surface area contributed by atoms with E-state index in [2.05, 4.69) is 13.2 Å². The van der Waals surface area contributed by atoms with Crippen LogP contribution in [0.5, 0.6) is 0 Å². The molecular formula is C13H17N3. The molecule has 1 aromatic carbocycles. The molecule has 1 atom stereocenters. The van der Waals surface area contributed by atoms with E-state index < -0.39 is 0 Å². The van der Waals surface area contributed by atoms with Crippen LogP contribution in [0.3, 0.4) is 0 Å². The lowest BCUT2D eigenvalue weighted by molar-refractivity contribution is 0.859. The molecule has 0 aromatic heterocycles. The summed E-state index contributed by atoms with van der Waals surface area (Å²) >= 11 is 0. The Morgan fingerprint density at radius 1 is 1.25 bits per heavy atom. The number of rotatable bonds is 4. The van der Waals surface area contributed by atoms with Gasteiger partial charge in [0.1, 0.15) is 0 Å². The lowest BCUT2D eigenvalue weighted by Crippen LogP contribution is -2.16. The Balaban J connectivity index is 3.14. The summed E-state index contributed by atoms with van der Waals surface area (Å²) in [6, 6.07) is 7.06. The zero-order valence-corrected chi connectivity index (χ0v) is 9.19. The Labute approximate surface area is 95.9 Å². The smallest absolute Gasteiger partial charge is 0.0572 e. The van der Waals surface area contributed by atoms with Crippen molar-refractivity contribution in [2.45, 2.75) is 6.04 Å². The summed E-state index contributed by atoms with van der Waals surface area (Å²) in [7, 11) is 0. The number of benzene rings is 1. The van der Waals surface area contributed by atoms with Crippen LogP contribution < -0.4 is 17.2 Å². The maximum Gasteiger partial charge on any atom is 0.0572 e. The maximum atomic E-state index is 6.08. The summed E-state index contributed by atoms with van der Waals surface area (Å²) in [6.45, 7) is 7.31. The van der Waals surface area contributed by atoms with Crippen LogP contribution in [-0.4, -0.2) is 0 Å². The molecule has 84 valence electrons. The average molecular weight is 215 g/mol. The Hall–Kier alpha value is -2.00. The number of anilines is 1. The van der Waals surface area contributed by atoms with E-state index in [9.17, 15) is 0 Å². The largest absolute Gasteiger partial charge is 0.399 e. The molecule has 3 nitrogen and oxygen atoms in total. The molecule has 0 fully saturated rings. The topological polar surface area (TPSA) is 78.1 Å². The molecule has 0 aliphatic heterocycles. The lowest BCUT2D eigenvalue weighted by atomic mass is 9.97. The number of nitrogens with two attached hydrogens (primary N) is 3. The molecule has 1 rings (SSSR count). The lowest BCUT2D eigenvalue weighted by Gasteiger charge is -2.15. The zero-order chi connectivity index (χ0) is 12.1. The molecule has 0 aliphatic rings. The predicted molar refractivity (Wildman–Crippen MR) is 69.4 cm³/mol. The monoisotopic (exact) mass is 215 g/mol. The molecule has 1 aromatic rings. The van der Waals surface area contributed by atoms with Gasteiger partial charge in [0, 0.05) is 11.4 Å². The molecule has 0 radical (unpaired) electrons. The van der Waals surface area contributed by atoms with Crippen LogP contribution in [0.15, 0.2) is 60.8 Å². The number of hydrogen-bond donors (Lipinski definition) is 3. The van der Waals surface area contributed by atoms with Crippen molar-refractivity contribution in [2.24, 2.45) is 11.5 Å². The van der Waals surface area contributed by atoms with Crippen LogP contribution in [0.2, 0.25) is 0 Å². The van der Waals surface area contributed by atoms with Gasteiger partial charge in [-0.2, -0.15) is 0 Å². The Morgan fingerprint density at radius 3 is 2.44 bits per heavy atom. The van der Waals surface area contributed by atoms with Gasteiger partial charge in [-0.05, 0) is 29.3 Å². The molecule has 0 saturated carbocycles. The van der Waals surface area contributed by atoms with Gasteiger partial charge in [-0.15, -0.1) is 0 Å². The van der Waals surface area contributed by atoms with Crippen molar-refractivity contribution in [3.8, 4) is 0 Å². The van der Waals surface area contributed by atoms with Crippen LogP contribution in [0.1, 0.15) is 11.6 Å². The highest BCUT2D eigenvalue weighted by Crippen LogP contribution is 2.23. The van der Waals surface area contributed by atoms with Gasteiger partial charge in [0.15, 0.2) is 0 Å². The molecule has 0 saturated heterocycles. The second-order valence-corrected chi connectivity index (χ2v) is 3.47. The van der Waals surface area contributed by atoms with Crippen molar-refractivity contribution >= 4 is 5.69 Å². The third-order valence-corrected chi connectivity index (χ3v) is 2.38. The maximum absolute atomic E-state index is 6.08. The fourth-order valence-electron chi connectivity index (χ4n) is 1.47. The minimum atomic E-state index is -0.334. The van der Waals surface area contributed by atoms with Crippen LogP contribution in [0, 0.1) is 0 Å². The number of hydrogen-bond acceptors (Lipinski definition) is 3. The van der Waals surface area contributed by atoms with Crippen LogP contribution in [0.25, 0.3) is 0 Å². The first kappa shape index (κ1) is 12.1. The summed E-state index contributed by atoms with van der Waals surface area (Å²) in [5, 5.41) is 0. The summed E-state index contributed by atoms with van der Waals surface area (Å²) in [5.41, 5.74) is 20.4. The first-order chi connectivity index (χ1) is 7.60. The van der Waals surface area contributed by atoms with E-state index in [1.165, 1.54) is 0 Å². The second kappa shape index (κ2) is 5.19. The Kier molecular flexibility index (Phi) is 3.91. The van der Waals surface area contributed by atoms with E-state index in [1.54, 1.807) is 12.2 Å². The minimum absolute atomic E-state index is 0.334. The summed E-state index contributed by atoms with van der Waals surface area (Å²) in [6.07, 6.45) is 3.20. The standard InChI is InChI=1S/C13H17N3/c1-3-11(12(15)4-2)13(16)9-6-5-7-10(14)8-9/h3-8,13H,1-2,14-16H2/b12-11-. The van der Waals surface area contributed by atoms with Gasteiger partial charge in [0.2, 0.25) is 0 Å². The molecule has 0 bridgehead atoms. The van der Waals surface area contributed by atoms with E-state index in [0.717, 1.165) is 11.1 Å². The van der Waals surface area contributed by atoms with Gasteiger partial charge in [-0.25, -0.2) is 0 Å². The summed E-state index contributed by atoms with van der Waals surface area (Å²) in [5.74, 6) is 0. The number of nitrogen functional groups attached to an aromatic ring is 1. The molecule has 6 N–H and O–H groups in total.